The van der Waals surface area contributed by atoms with Crippen LogP contribution >= 0.6 is 0 Å². The van der Waals surface area contributed by atoms with Gasteiger partial charge in [0.2, 0.25) is 5.88 Å². The lowest BCUT2D eigenvalue weighted by Crippen LogP contribution is -2.22. The first kappa shape index (κ1) is 21.5. The summed E-state index contributed by atoms with van der Waals surface area (Å²) in [6.07, 6.45) is 3.42. The van der Waals surface area contributed by atoms with E-state index in [4.69, 9.17) is 14.2 Å². The lowest BCUT2D eigenvalue weighted by Gasteiger charge is -2.15. The Hall–Kier alpha value is -3.39. The monoisotopic (exact) mass is 450 g/mol. The number of H-pyrrole nitrogens is 1. The van der Waals surface area contributed by atoms with Gasteiger partial charge >= 0.3 is 6.01 Å². The Morgan fingerprint density at radius 1 is 1.06 bits per heavy atom. The third kappa shape index (κ3) is 4.57. The average Bonchev–Trinajstić information content (AvgIpc) is 3.48. The number of aromatic amines is 1. The number of nitrogens with one attached hydrogen (secondary N) is 1. The summed E-state index contributed by atoms with van der Waals surface area (Å²) in [5.41, 5.74) is 2.23. The number of hydrogen-bond acceptors (Lipinski definition) is 6. The smallest absolute Gasteiger partial charge is 0.320 e. The minimum atomic E-state index is -0.445. The zero-order valence-electron chi connectivity index (χ0n) is 18.9. The zero-order valence-corrected chi connectivity index (χ0v) is 18.9. The Labute approximate surface area is 191 Å². The van der Waals surface area contributed by atoms with Gasteiger partial charge in [0.25, 0.3) is 0 Å². The van der Waals surface area contributed by atoms with Gasteiger partial charge < -0.3 is 24.1 Å². The molecular weight excluding hydrogens is 423 g/mol. The first-order valence-electron chi connectivity index (χ1n) is 11.3. The number of halogens is 1. The van der Waals surface area contributed by atoms with Gasteiger partial charge in [0.05, 0.1) is 24.6 Å². The number of nitrogens with zero attached hydrogens (tertiary/aromatic N) is 3. The lowest BCUT2D eigenvalue weighted by atomic mass is 10.2. The van der Waals surface area contributed by atoms with Gasteiger partial charge in [-0.05, 0) is 75.7 Å². The van der Waals surface area contributed by atoms with E-state index in [0.717, 1.165) is 31.7 Å². The minimum absolute atomic E-state index is 0.0873. The molecule has 0 saturated carbocycles. The van der Waals surface area contributed by atoms with Crippen LogP contribution in [0.2, 0.25) is 0 Å². The molecule has 33 heavy (non-hydrogen) atoms. The lowest BCUT2D eigenvalue weighted by molar-refractivity contribution is 0.248. The molecule has 172 valence electrons. The maximum absolute atomic E-state index is 15.2. The molecule has 2 aromatic heterocycles. The molecule has 0 radical (unpaired) electrons. The molecule has 0 amide bonds. The second-order valence-electron chi connectivity index (χ2n) is 8.34. The molecule has 5 rings (SSSR count). The van der Waals surface area contributed by atoms with Gasteiger partial charge in [-0.1, -0.05) is 0 Å². The fourth-order valence-electron chi connectivity index (χ4n) is 4.26. The van der Waals surface area contributed by atoms with E-state index in [1.54, 1.807) is 31.4 Å². The number of likely N-dealkylation sites (tertiary alicyclic amines) is 1. The SMILES string of the molecule is COc1ccc2nc(OCCCN3CCCC3)nc(Oc3ccc4[nH]c(C)cc4c3F)c2c1. The fraction of sp³-hybridized carbons (Fsp3) is 0.360. The van der Waals surface area contributed by atoms with Crippen LogP contribution in [0.3, 0.4) is 0 Å². The van der Waals surface area contributed by atoms with E-state index in [2.05, 4.69) is 19.9 Å². The maximum atomic E-state index is 15.2. The van der Waals surface area contributed by atoms with E-state index in [9.17, 15) is 0 Å². The normalized spacial score (nSPS) is 14.3. The molecule has 8 heteroatoms. The van der Waals surface area contributed by atoms with Crippen molar-refractivity contribution in [3.63, 3.8) is 0 Å². The van der Waals surface area contributed by atoms with E-state index in [-0.39, 0.29) is 17.6 Å². The summed E-state index contributed by atoms with van der Waals surface area (Å²) < 4.78 is 32.3. The summed E-state index contributed by atoms with van der Waals surface area (Å²) in [6, 6.07) is 10.8. The Bertz CT molecular complexity index is 1280. The van der Waals surface area contributed by atoms with Crippen molar-refractivity contribution < 1.29 is 18.6 Å². The van der Waals surface area contributed by atoms with E-state index in [1.807, 2.05) is 19.1 Å². The highest BCUT2D eigenvalue weighted by Gasteiger charge is 2.17. The molecule has 0 unspecified atom stereocenters. The molecule has 0 spiro atoms. The van der Waals surface area contributed by atoms with Crippen molar-refractivity contribution in [2.24, 2.45) is 0 Å². The third-order valence-electron chi connectivity index (χ3n) is 5.94. The number of aryl methyl sites for hydroxylation is 1. The van der Waals surface area contributed by atoms with Crippen molar-refractivity contribution in [1.29, 1.82) is 0 Å². The zero-order chi connectivity index (χ0) is 22.8. The van der Waals surface area contributed by atoms with Gasteiger partial charge in [-0.25, -0.2) is 4.39 Å². The minimum Gasteiger partial charge on any atom is -0.497 e. The largest absolute Gasteiger partial charge is 0.497 e. The summed E-state index contributed by atoms with van der Waals surface area (Å²) >= 11 is 0. The van der Waals surface area contributed by atoms with E-state index in [0.29, 0.717) is 34.2 Å². The van der Waals surface area contributed by atoms with E-state index in [1.165, 1.54) is 12.8 Å². The highest BCUT2D eigenvalue weighted by atomic mass is 19.1. The van der Waals surface area contributed by atoms with E-state index >= 15 is 4.39 Å². The summed E-state index contributed by atoms with van der Waals surface area (Å²) in [6.45, 7) is 5.69. The third-order valence-corrected chi connectivity index (χ3v) is 5.94. The summed E-state index contributed by atoms with van der Waals surface area (Å²) in [4.78, 5) is 14.6. The summed E-state index contributed by atoms with van der Waals surface area (Å²) in [7, 11) is 1.59. The van der Waals surface area contributed by atoms with Crippen molar-refractivity contribution >= 4 is 21.8 Å². The molecule has 1 N–H and O–H groups in total. The quantitative estimate of drug-likeness (QED) is 0.371. The topological polar surface area (TPSA) is 72.5 Å². The molecule has 1 aliphatic heterocycles. The summed E-state index contributed by atoms with van der Waals surface area (Å²) in [5, 5.41) is 1.09. The van der Waals surface area contributed by atoms with Gasteiger partial charge in [0, 0.05) is 23.1 Å². The van der Waals surface area contributed by atoms with Crippen LogP contribution in [0.5, 0.6) is 23.4 Å². The number of fused-ring (bicyclic) bond motifs is 2. The average molecular weight is 451 g/mol. The Kier molecular flexibility index (Phi) is 6.00. The first-order chi connectivity index (χ1) is 16.1. The molecule has 1 aliphatic rings. The number of hydrogen-bond donors (Lipinski definition) is 1. The standard InChI is InChI=1S/C25H27FN4O3/c1-16-14-18-20(27-16)8-9-22(23(18)26)33-24-19-15-17(31-2)6-7-21(19)28-25(29-24)32-13-5-12-30-10-3-4-11-30/h6-9,14-15,27H,3-5,10-13H2,1-2H3. The molecule has 0 bridgehead atoms. The van der Waals surface area contributed by atoms with Gasteiger partial charge in [0.1, 0.15) is 5.75 Å². The highest BCUT2D eigenvalue weighted by Crippen LogP contribution is 2.35. The van der Waals surface area contributed by atoms with Crippen molar-refractivity contribution in [3.8, 4) is 23.4 Å². The number of methoxy groups -OCH3 is 1. The second kappa shape index (κ2) is 9.23. The van der Waals surface area contributed by atoms with Crippen molar-refractivity contribution in [3.05, 3.63) is 47.9 Å². The number of rotatable bonds is 8. The molecule has 4 aromatic rings. The second-order valence-corrected chi connectivity index (χ2v) is 8.34. The molecular formula is C25H27FN4O3. The van der Waals surface area contributed by atoms with Crippen LogP contribution in [0.15, 0.2) is 36.4 Å². The number of ether oxygens (including phenoxy) is 3. The van der Waals surface area contributed by atoms with Crippen LogP contribution in [-0.4, -0.2) is 53.2 Å². The van der Waals surface area contributed by atoms with Crippen LogP contribution in [-0.2, 0) is 0 Å². The molecule has 7 nitrogen and oxygen atoms in total. The van der Waals surface area contributed by atoms with Crippen molar-refractivity contribution in [2.45, 2.75) is 26.2 Å². The van der Waals surface area contributed by atoms with Crippen LogP contribution in [0, 0.1) is 12.7 Å². The number of benzene rings is 2. The predicted molar refractivity (Wildman–Crippen MR) is 125 cm³/mol. The highest BCUT2D eigenvalue weighted by molar-refractivity contribution is 5.86. The Morgan fingerprint density at radius 2 is 1.91 bits per heavy atom. The molecule has 1 saturated heterocycles. The maximum Gasteiger partial charge on any atom is 0.320 e. The molecule has 2 aromatic carbocycles. The molecule has 0 atom stereocenters. The van der Waals surface area contributed by atoms with Crippen LogP contribution in [0.4, 0.5) is 4.39 Å². The summed E-state index contributed by atoms with van der Waals surface area (Å²) in [5.74, 6) is 0.496. The molecule has 0 aliphatic carbocycles. The Morgan fingerprint density at radius 3 is 2.73 bits per heavy atom. The number of aromatic nitrogens is 3. The predicted octanol–water partition coefficient (Wildman–Crippen LogP) is 5.22. The van der Waals surface area contributed by atoms with Crippen LogP contribution in [0.25, 0.3) is 21.8 Å². The first-order valence-corrected chi connectivity index (χ1v) is 11.3. The van der Waals surface area contributed by atoms with Crippen molar-refractivity contribution in [1.82, 2.24) is 19.9 Å². The molecule has 1 fully saturated rings. The fourth-order valence-corrected chi connectivity index (χ4v) is 4.26. The van der Waals surface area contributed by atoms with Gasteiger partial charge in [0.15, 0.2) is 11.6 Å². The van der Waals surface area contributed by atoms with E-state index < -0.39 is 5.82 Å². The van der Waals surface area contributed by atoms with Crippen LogP contribution < -0.4 is 14.2 Å². The van der Waals surface area contributed by atoms with Gasteiger partial charge in [-0.3, -0.25) is 0 Å². The van der Waals surface area contributed by atoms with Gasteiger partial charge in [-0.2, -0.15) is 9.97 Å². The van der Waals surface area contributed by atoms with Crippen molar-refractivity contribution in [2.75, 3.05) is 33.4 Å². The molecule has 3 heterocycles. The van der Waals surface area contributed by atoms with Crippen LogP contribution in [0.1, 0.15) is 25.0 Å². The van der Waals surface area contributed by atoms with Gasteiger partial charge in [-0.15, -0.1) is 0 Å². The Balaban J connectivity index is 1.43.